The van der Waals surface area contributed by atoms with Gasteiger partial charge in [-0.2, -0.15) is 10.1 Å². The van der Waals surface area contributed by atoms with Gasteiger partial charge in [0.05, 0.1) is 17.3 Å². The average molecular weight is 419 g/mol. The molecule has 0 bridgehead atoms. The summed E-state index contributed by atoms with van der Waals surface area (Å²) in [6.45, 7) is 0. The average Bonchev–Trinajstić information content (AvgIpc) is 3.07. The number of benzene rings is 2. The fourth-order valence-corrected chi connectivity index (χ4v) is 4.37. The molecule has 0 N–H and O–H groups in total. The van der Waals surface area contributed by atoms with Gasteiger partial charge < -0.3 is 0 Å². The number of fused-ring (bicyclic) bond motifs is 1. The Bertz CT molecular complexity index is 1200. The predicted molar refractivity (Wildman–Crippen MR) is 126 cm³/mol. The first kappa shape index (κ1) is 19.8. The maximum absolute atomic E-state index is 14.1. The van der Waals surface area contributed by atoms with E-state index in [9.17, 15) is 4.79 Å². The number of pyridine rings is 2. The van der Waals surface area contributed by atoms with Gasteiger partial charge in [0.25, 0.3) is 5.91 Å². The third-order valence-corrected chi connectivity index (χ3v) is 5.88. The lowest BCUT2D eigenvalue weighted by Crippen LogP contribution is -2.42. The van der Waals surface area contributed by atoms with E-state index in [1.54, 1.807) is 36.0 Å². The fraction of sp³-hybridized carbons (Fsp3) is 0.111. The monoisotopic (exact) mass is 418 g/mol. The summed E-state index contributed by atoms with van der Waals surface area (Å²) in [5.74, 6) is -0.0282. The van der Waals surface area contributed by atoms with E-state index in [1.807, 2.05) is 78.9 Å². The van der Waals surface area contributed by atoms with E-state index in [0.717, 1.165) is 27.9 Å². The predicted octanol–water partition coefficient (Wildman–Crippen LogP) is 4.58. The van der Waals surface area contributed by atoms with Crippen LogP contribution < -0.4 is 5.01 Å². The molecule has 0 atom stereocenters. The normalized spacial score (nSPS) is 14.6. The number of hydrazone groups is 1. The Morgan fingerprint density at radius 2 is 1.31 bits per heavy atom. The van der Waals surface area contributed by atoms with Crippen LogP contribution in [0.15, 0.2) is 109 Å². The van der Waals surface area contributed by atoms with Gasteiger partial charge in [0.15, 0.2) is 0 Å². The number of carbonyl (C=O) groups excluding carboxylic acids is 1. The highest BCUT2D eigenvalue weighted by Gasteiger charge is 2.51. The van der Waals surface area contributed by atoms with Gasteiger partial charge in [-0.15, -0.1) is 0 Å². The largest absolute Gasteiger partial charge is 0.271 e. The molecule has 156 valence electrons. The molecule has 1 amide bonds. The lowest BCUT2D eigenvalue weighted by Gasteiger charge is -2.28. The maximum Gasteiger partial charge on any atom is 0.258 e. The van der Waals surface area contributed by atoms with E-state index in [0.29, 0.717) is 12.8 Å². The van der Waals surface area contributed by atoms with Gasteiger partial charge in [-0.1, -0.05) is 48.5 Å². The van der Waals surface area contributed by atoms with Crippen molar-refractivity contribution in [2.24, 2.45) is 5.10 Å². The third-order valence-electron chi connectivity index (χ3n) is 5.88. The van der Waals surface area contributed by atoms with Gasteiger partial charge in [-0.05, 0) is 65.4 Å². The zero-order chi connectivity index (χ0) is 21.8. The summed E-state index contributed by atoms with van der Waals surface area (Å²) in [4.78, 5) is 22.4. The Kier molecular flexibility index (Phi) is 5.30. The number of hydrogen-bond donors (Lipinski definition) is 0. The number of amides is 1. The minimum atomic E-state index is -0.771. The highest BCUT2D eigenvalue weighted by Crippen LogP contribution is 2.46. The minimum Gasteiger partial charge on any atom is -0.271 e. The second-order valence-corrected chi connectivity index (χ2v) is 7.94. The molecular formula is C27H22N4O. The summed E-state index contributed by atoms with van der Waals surface area (Å²) in [5.41, 5.74) is 4.11. The molecule has 0 fully saturated rings. The second-order valence-electron chi connectivity index (χ2n) is 7.94. The number of para-hydroxylation sites is 1. The molecule has 0 saturated carbocycles. The van der Waals surface area contributed by atoms with Crippen LogP contribution in [0, 0.1) is 0 Å². The highest BCUT2D eigenvalue weighted by molar-refractivity contribution is 6.09. The number of anilines is 1. The number of aromatic nitrogens is 2. The zero-order valence-electron chi connectivity index (χ0n) is 17.5. The number of nitrogens with zero attached hydrogens (tertiary/aromatic N) is 4. The molecule has 5 heteroatoms. The van der Waals surface area contributed by atoms with Crippen molar-refractivity contribution >= 4 is 17.8 Å². The van der Waals surface area contributed by atoms with Crippen molar-refractivity contribution in [2.75, 3.05) is 5.01 Å². The van der Waals surface area contributed by atoms with Crippen LogP contribution in [0.1, 0.15) is 22.3 Å². The van der Waals surface area contributed by atoms with Crippen LogP contribution in [0.5, 0.6) is 0 Å². The molecule has 1 aliphatic rings. The van der Waals surface area contributed by atoms with Crippen molar-refractivity contribution in [3.05, 3.63) is 126 Å². The van der Waals surface area contributed by atoms with Crippen LogP contribution in [0.3, 0.4) is 0 Å². The lowest BCUT2D eigenvalue weighted by atomic mass is 9.72. The summed E-state index contributed by atoms with van der Waals surface area (Å²) in [5, 5.41) is 6.19. The SMILES string of the molecule is O=C1N(/N=C/c2ccccc2)c2ccccc2C1(Cc1ccncc1)Cc1ccncc1. The van der Waals surface area contributed by atoms with E-state index in [2.05, 4.69) is 15.1 Å². The topological polar surface area (TPSA) is 58.5 Å². The van der Waals surface area contributed by atoms with E-state index in [-0.39, 0.29) is 5.91 Å². The molecule has 32 heavy (non-hydrogen) atoms. The Labute approximate surface area is 187 Å². The molecule has 0 saturated heterocycles. The summed E-state index contributed by atoms with van der Waals surface area (Å²) < 4.78 is 0. The number of carbonyl (C=O) groups is 1. The Hall–Kier alpha value is -4.12. The van der Waals surface area contributed by atoms with Gasteiger partial charge in [0.1, 0.15) is 0 Å². The summed E-state index contributed by atoms with van der Waals surface area (Å²) in [6, 6.07) is 25.7. The molecule has 3 heterocycles. The quantitative estimate of drug-likeness (QED) is 0.431. The van der Waals surface area contributed by atoms with E-state index >= 15 is 0 Å². The molecule has 0 spiro atoms. The van der Waals surface area contributed by atoms with Gasteiger partial charge in [-0.3, -0.25) is 14.8 Å². The first-order valence-electron chi connectivity index (χ1n) is 10.6. The number of rotatable bonds is 6. The first-order valence-corrected chi connectivity index (χ1v) is 10.6. The smallest absolute Gasteiger partial charge is 0.258 e. The second kappa shape index (κ2) is 8.55. The van der Waals surface area contributed by atoms with Crippen LogP contribution in [0.4, 0.5) is 5.69 Å². The van der Waals surface area contributed by atoms with Crippen LogP contribution in [0.2, 0.25) is 0 Å². The van der Waals surface area contributed by atoms with E-state index in [4.69, 9.17) is 0 Å². The Balaban J connectivity index is 1.62. The molecular weight excluding hydrogens is 396 g/mol. The van der Waals surface area contributed by atoms with E-state index < -0.39 is 5.41 Å². The highest BCUT2D eigenvalue weighted by atomic mass is 16.2. The van der Waals surface area contributed by atoms with Crippen molar-refractivity contribution in [1.29, 1.82) is 0 Å². The summed E-state index contributed by atoms with van der Waals surface area (Å²) in [6.07, 6.45) is 9.94. The van der Waals surface area contributed by atoms with Gasteiger partial charge in [0.2, 0.25) is 0 Å². The first-order chi connectivity index (χ1) is 15.8. The lowest BCUT2D eigenvalue weighted by molar-refractivity contribution is -0.123. The minimum absolute atomic E-state index is 0.0282. The van der Waals surface area contributed by atoms with Gasteiger partial charge in [-0.25, -0.2) is 0 Å². The summed E-state index contributed by atoms with van der Waals surface area (Å²) >= 11 is 0. The van der Waals surface area contributed by atoms with Crippen molar-refractivity contribution in [2.45, 2.75) is 18.3 Å². The molecule has 1 aliphatic heterocycles. The molecule has 0 aliphatic carbocycles. The molecule has 4 aromatic rings. The van der Waals surface area contributed by atoms with Crippen LogP contribution >= 0.6 is 0 Å². The van der Waals surface area contributed by atoms with Crippen molar-refractivity contribution in [1.82, 2.24) is 9.97 Å². The van der Waals surface area contributed by atoms with Crippen LogP contribution in [0.25, 0.3) is 0 Å². The van der Waals surface area contributed by atoms with E-state index in [1.165, 1.54) is 0 Å². The van der Waals surface area contributed by atoms with Crippen LogP contribution in [-0.4, -0.2) is 22.1 Å². The molecule has 5 nitrogen and oxygen atoms in total. The Morgan fingerprint density at radius 3 is 1.94 bits per heavy atom. The van der Waals surface area contributed by atoms with Crippen molar-refractivity contribution < 1.29 is 4.79 Å². The number of hydrogen-bond acceptors (Lipinski definition) is 4. The summed E-state index contributed by atoms with van der Waals surface area (Å²) in [7, 11) is 0. The molecule has 5 rings (SSSR count). The molecule has 0 radical (unpaired) electrons. The third kappa shape index (κ3) is 3.69. The molecule has 2 aromatic heterocycles. The zero-order valence-corrected chi connectivity index (χ0v) is 17.5. The van der Waals surface area contributed by atoms with Gasteiger partial charge >= 0.3 is 0 Å². The maximum atomic E-state index is 14.1. The van der Waals surface area contributed by atoms with Crippen molar-refractivity contribution in [3.8, 4) is 0 Å². The molecule has 2 aromatic carbocycles. The van der Waals surface area contributed by atoms with Crippen molar-refractivity contribution in [3.63, 3.8) is 0 Å². The standard InChI is InChI=1S/C27H22N4O/c32-26-27(18-21-10-14-28-15-11-21,19-22-12-16-29-17-13-22)24-8-4-5-9-25(24)31(26)30-20-23-6-2-1-3-7-23/h1-17,20H,18-19H2/b30-20+. The molecule has 0 unspecified atom stereocenters. The fourth-order valence-electron chi connectivity index (χ4n) is 4.37. The Morgan fingerprint density at radius 1 is 0.750 bits per heavy atom. The van der Waals surface area contributed by atoms with Crippen LogP contribution in [-0.2, 0) is 23.1 Å². The van der Waals surface area contributed by atoms with Gasteiger partial charge in [0, 0.05) is 24.8 Å².